The molecule has 2 aromatic carbocycles. The number of hydrogen-bond acceptors (Lipinski definition) is 5. The first kappa shape index (κ1) is 29.0. The minimum atomic E-state index is -0.867. The average Bonchev–Trinajstić information content (AvgIpc) is 3.66. The fourth-order valence-corrected chi connectivity index (χ4v) is 4.39. The summed E-state index contributed by atoms with van der Waals surface area (Å²) in [6.07, 6.45) is 1.36. The zero-order valence-corrected chi connectivity index (χ0v) is 23.5. The molecule has 3 amide bonds. The summed E-state index contributed by atoms with van der Waals surface area (Å²) >= 11 is 0. The van der Waals surface area contributed by atoms with E-state index in [4.69, 9.17) is 9.47 Å². The van der Waals surface area contributed by atoms with Gasteiger partial charge in [0, 0.05) is 11.7 Å². The maximum atomic E-state index is 14.2. The van der Waals surface area contributed by atoms with Crippen LogP contribution in [0.1, 0.15) is 71.0 Å². The summed E-state index contributed by atoms with van der Waals surface area (Å²) in [7, 11) is 1.58. The van der Waals surface area contributed by atoms with E-state index in [-0.39, 0.29) is 23.8 Å². The van der Waals surface area contributed by atoms with Crippen LogP contribution in [0.3, 0.4) is 0 Å². The zero-order valence-electron chi connectivity index (χ0n) is 23.5. The Hall–Kier alpha value is -3.55. The summed E-state index contributed by atoms with van der Waals surface area (Å²) in [6, 6.07) is 12.9. The highest BCUT2D eigenvalue weighted by Crippen LogP contribution is 2.37. The average molecular weight is 524 g/mol. The van der Waals surface area contributed by atoms with Crippen LogP contribution in [0, 0.1) is 12.8 Å². The highest BCUT2D eigenvalue weighted by Gasteiger charge is 2.44. The van der Waals surface area contributed by atoms with Crippen LogP contribution >= 0.6 is 0 Å². The van der Waals surface area contributed by atoms with Gasteiger partial charge in [0.2, 0.25) is 5.91 Å². The molecule has 2 unspecified atom stereocenters. The van der Waals surface area contributed by atoms with Crippen LogP contribution in [-0.4, -0.2) is 47.6 Å². The molecule has 1 aliphatic carbocycles. The molecule has 206 valence electrons. The topological polar surface area (TPSA) is 97.0 Å². The number of carbonyl (C=O) groups excluding carboxylic acids is 3. The number of nitrogens with one attached hydrogen (secondary N) is 2. The van der Waals surface area contributed by atoms with Crippen molar-refractivity contribution in [2.24, 2.45) is 5.92 Å². The van der Waals surface area contributed by atoms with Crippen molar-refractivity contribution in [3.8, 4) is 5.75 Å². The van der Waals surface area contributed by atoms with Crippen molar-refractivity contribution in [3.63, 3.8) is 0 Å². The quantitative estimate of drug-likeness (QED) is 0.422. The monoisotopic (exact) mass is 523 g/mol. The van der Waals surface area contributed by atoms with Gasteiger partial charge < -0.3 is 25.0 Å². The molecular weight excluding hydrogens is 482 g/mol. The first-order valence-electron chi connectivity index (χ1n) is 13.2. The number of hydrogen-bond donors (Lipinski definition) is 2. The van der Waals surface area contributed by atoms with Crippen LogP contribution in [0.25, 0.3) is 0 Å². The van der Waals surface area contributed by atoms with Gasteiger partial charge in [-0.15, -0.1) is 0 Å². The largest absolute Gasteiger partial charge is 0.497 e. The molecule has 0 radical (unpaired) electrons. The summed E-state index contributed by atoms with van der Waals surface area (Å²) in [4.78, 5) is 42.5. The fourth-order valence-electron chi connectivity index (χ4n) is 4.39. The Balaban J connectivity index is 1.98. The predicted molar refractivity (Wildman–Crippen MR) is 148 cm³/mol. The molecule has 1 aliphatic rings. The van der Waals surface area contributed by atoms with Crippen molar-refractivity contribution in [3.05, 3.63) is 59.7 Å². The molecule has 3 rings (SSSR count). The standard InChI is InChI=1S/C30H41N3O5/c1-19(2)18-25(32-29(36)38-30(4,5)6)28(35)33(22-14-15-22)26(24-11-9-8-10-20(24)3)27(34)31-21-12-16-23(37-7)17-13-21/h8-13,16-17,19,22,25-26H,14-15,18H2,1-7H3,(H,31,34)(H,32,36). The SMILES string of the molecule is COc1ccc(NC(=O)C(c2ccccc2C)N(C(=O)C(CC(C)C)NC(=O)OC(C)(C)C)C2CC2)cc1. The lowest BCUT2D eigenvalue weighted by Crippen LogP contribution is -2.53. The normalized spacial score (nSPS) is 14.8. The number of carbonyl (C=O) groups is 3. The third kappa shape index (κ3) is 7.97. The summed E-state index contributed by atoms with van der Waals surface area (Å²) in [5.74, 6) is 0.207. The van der Waals surface area contributed by atoms with Gasteiger partial charge in [-0.05, 0) is 88.3 Å². The third-order valence-electron chi connectivity index (χ3n) is 6.26. The lowest BCUT2D eigenvalue weighted by molar-refractivity contribution is -0.141. The van der Waals surface area contributed by atoms with Crippen molar-refractivity contribution in [2.45, 2.75) is 84.5 Å². The van der Waals surface area contributed by atoms with Gasteiger partial charge in [0.1, 0.15) is 23.4 Å². The number of nitrogens with zero attached hydrogens (tertiary/aromatic N) is 1. The number of benzene rings is 2. The number of rotatable bonds is 10. The number of amides is 3. The lowest BCUT2D eigenvalue weighted by atomic mass is 9.96. The smallest absolute Gasteiger partial charge is 0.408 e. The summed E-state index contributed by atoms with van der Waals surface area (Å²) in [6.45, 7) is 11.3. The first-order chi connectivity index (χ1) is 17.9. The highest BCUT2D eigenvalue weighted by atomic mass is 16.6. The lowest BCUT2D eigenvalue weighted by Gasteiger charge is -2.35. The van der Waals surface area contributed by atoms with Crippen molar-refractivity contribution in [2.75, 3.05) is 12.4 Å². The van der Waals surface area contributed by atoms with E-state index in [1.54, 1.807) is 57.0 Å². The molecule has 0 heterocycles. The molecular formula is C30H41N3O5. The van der Waals surface area contributed by atoms with E-state index >= 15 is 0 Å². The maximum absolute atomic E-state index is 14.2. The Bertz CT molecular complexity index is 1120. The van der Waals surface area contributed by atoms with Crippen molar-refractivity contribution >= 4 is 23.6 Å². The minimum Gasteiger partial charge on any atom is -0.497 e. The number of alkyl carbamates (subject to hydrolysis) is 1. The van der Waals surface area contributed by atoms with Crippen LogP contribution in [-0.2, 0) is 14.3 Å². The molecule has 2 atom stereocenters. The van der Waals surface area contributed by atoms with Crippen molar-refractivity contribution in [1.82, 2.24) is 10.2 Å². The third-order valence-corrected chi connectivity index (χ3v) is 6.26. The van der Waals surface area contributed by atoms with E-state index in [0.29, 0.717) is 17.9 Å². The molecule has 8 heteroatoms. The molecule has 38 heavy (non-hydrogen) atoms. The van der Waals surface area contributed by atoms with Gasteiger partial charge in [0.05, 0.1) is 7.11 Å². The molecule has 1 saturated carbocycles. The second-order valence-corrected chi connectivity index (χ2v) is 11.3. The van der Waals surface area contributed by atoms with Crippen LogP contribution < -0.4 is 15.4 Å². The Morgan fingerprint density at radius 1 is 1.03 bits per heavy atom. The van der Waals surface area contributed by atoms with Crippen molar-refractivity contribution < 1.29 is 23.9 Å². The number of methoxy groups -OCH3 is 1. The predicted octanol–water partition coefficient (Wildman–Crippen LogP) is 5.61. The van der Waals surface area contributed by atoms with Gasteiger partial charge in [0.25, 0.3) is 5.91 Å². The van der Waals surface area contributed by atoms with Crippen LogP contribution in [0.4, 0.5) is 10.5 Å². The molecule has 2 aromatic rings. The van der Waals surface area contributed by atoms with Gasteiger partial charge >= 0.3 is 6.09 Å². The molecule has 0 spiro atoms. The molecule has 2 N–H and O–H groups in total. The zero-order chi connectivity index (χ0) is 28.0. The van der Waals surface area contributed by atoms with E-state index in [0.717, 1.165) is 24.0 Å². The van der Waals surface area contributed by atoms with Gasteiger partial charge in [-0.2, -0.15) is 0 Å². The second kappa shape index (κ2) is 12.3. The second-order valence-electron chi connectivity index (χ2n) is 11.3. The Morgan fingerprint density at radius 3 is 2.18 bits per heavy atom. The van der Waals surface area contributed by atoms with Gasteiger partial charge in [-0.25, -0.2) is 4.79 Å². The fraction of sp³-hybridized carbons (Fsp3) is 0.500. The number of anilines is 1. The molecule has 0 bridgehead atoms. The molecule has 1 fully saturated rings. The van der Waals surface area contributed by atoms with E-state index in [2.05, 4.69) is 10.6 Å². The van der Waals surface area contributed by atoms with E-state index in [1.807, 2.05) is 45.0 Å². The molecule has 8 nitrogen and oxygen atoms in total. The van der Waals surface area contributed by atoms with Gasteiger partial charge in [-0.3, -0.25) is 9.59 Å². The first-order valence-corrected chi connectivity index (χ1v) is 13.2. The van der Waals surface area contributed by atoms with E-state index in [1.165, 1.54) is 0 Å². The summed E-state index contributed by atoms with van der Waals surface area (Å²) < 4.78 is 10.7. The minimum absolute atomic E-state index is 0.0937. The molecule has 0 aromatic heterocycles. The Kier molecular flexibility index (Phi) is 9.41. The van der Waals surface area contributed by atoms with Crippen LogP contribution in [0.2, 0.25) is 0 Å². The molecule has 0 aliphatic heterocycles. The van der Waals surface area contributed by atoms with Gasteiger partial charge in [-0.1, -0.05) is 38.1 Å². The van der Waals surface area contributed by atoms with Crippen LogP contribution in [0.15, 0.2) is 48.5 Å². The number of ether oxygens (including phenoxy) is 2. The summed E-state index contributed by atoms with van der Waals surface area (Å²) in [5, 5.41) is 5.78. The van der Waals surface area contributed by atoms with E-state index in [9.17, 15) is 14.4 Å². The maximum Gasteiger partial charge on any atom is 0.408 e. The van der Waals surface area contributed by atoms with Gasteiger partial charge in [0.15, 0.2) is 0 Å². The number of aryl methyl sites for hydroxylation is 1. The molecule has 0 saturated heterocycles. The van der Waals surface area contributed by atoms with E-state index < -0.39 is 23.8 Å². The van der Waals surface area contributed by atoms with Crippen LogP contribution in [0.5, 0.6) is 5.75 Å². The Labute approximate surface area is 226 Å². The summed E-state index contributed by atoms with van der Waals surface area (Å²) in [5.41, 5.74) is 1.55. The Morgan fingerprint density at radius 2 is 1.66 bits per heavy atom. The van der Waals surface area contributed by atoms with Crippen molar-refractivity contribution in [1.29, 1.82) is 0 Å². The highest BCUT2D eigenvalue weighted by molar-refractivity contribution is 5.99.